The SMILES string of the molecule is CCN1CCN(C(=O)c2ccc(-n3ncc(-c4ccc(C#N)c(F)c4C)c3N=O)nc2)C[C@@H]1C. The molecule has 0 saturated carbocycles. The van der Waals surface area contributed by atoms with Crippen LogP contribution < -0.4 is 0 Å². The second kappa shape index (κ2) is 9.49. The van der Waals surface area contributed by atoms with Gasteiger partial charge in [0.1, 0.15) is 11.9 Å². The summed E-state index contributed by atoms with van der Waals surface area (Å²) in [6, 6.07) is 8.23. The third-order valence-electron chi connectivity index (χ3n) is 6.30. The topological polar surface area (TPSA) is 107 Å². The van der Waals surface area contributed by atoms with Gasteiger partial charge in [0.05, 0.1) is 22.9 Å². The Morgan fingerprint density at radius 1 is 1.24 bits per heavy atom. The van der Waals surface area contributed by atoms with E-state index in [1.807, 2.05) is 4.90 Å². The summed E-state index contributed by atoms with van der Waals surface area (Å²) in [6.07, 6.45) is 2.86. The van der Waals surface area contributed by atoms with Gasteiger partial charge in [-0.15, -0.1) is 4.91 Å². The highest BCUT2D eigenvalue weighted by Crippen LogP contribution is 2.35. The Morgan fingerprint density at radius 2 is 2.03 bits per heavy atom. The number of amides is 1. The van der Waals surface area contributed by atoms with Gasteiger partial charge in [0, 0.05) is 31.9 Å². The molecule has 3 heterocycles. The van der Waals surface area contributed by atoms with Crippen LogP contribution in [-0.2, 0) is 0 Å². The number of aromatic nitrogens is 3. The molecule has 4 rings (SSSR count). The number of pyridine rings is 1. The van der Waals surface area contributed by atoms with Gasteiger partial charge in [-0.2, -0.15) is 15.0 Å². The van der Waals surface area contributed by atoms with Crippen LogP contribution >= 0.6 is 0 Å². The van der Waals surface area contributed by atoms with Crippen molar-refractivity contribution in [2.24, 2.45) is 5.18 Å². The first-order valence-electron chi connectivity index (χ1n) is 11.0. The summed E-state index contributed by atoms with van der Waals surface area (Å²) in [7, 11) is 0. The van der Waals surface area contributed by atoms with Gasteiger partial charge < -0.3 is 4.90 Å². The van der Waals surface area contributed by atoms with E-state index in [1.54, 1.807) is 24.3 Å². The Kier molecular flexibility index (Phi) is 6.47. The van der Waals surface area contributed by atoms with E-state index in [0.29, 0.717) is 35.6 Å². The molecule has 174 valence electrons. The van der Waals surface area contributed by atoms with Crippen LogP contribution in [0.15, 0.2) is 41.8 Å². The second-order valence-electron chi connectivity index (χ2n) is 8.23. The normalized spacial score (nSPS) is 16.3. The first-order chi connectivity index (χ1) is 16.4. The van der Waals surface area contributed by atoms with Crippen molar-refractivity contribution in [2.45, 2.75) is 26.8 Å². The first-order valence-corrected chi connectivity index (χ1v) is 11.0. The fourth-order valence-corrected chi connectivity index (χ4v) is 4.32. The number of hydrogen-bond donors (Lipinski definition) is 0. The number of nitrogens with zero attached hydrogens (tertiary/aromatic N) is 7. The Morgan fingerprint density at radius 3 is 2.65 bits per heavy atom. The quantitative estimate of drug-likeness (QED) is 0.535. The van der Waals surface area contributed by atoms with Crippen LogP contribution in [0.3, 0.4) is 0 Å². The van der Waals surface area contributed by atoms with Crippen molar-refractivity contribution in [1.29, 1.82) is 5.26 Å². The van der Waals surface area contributed by atoms with E-state index in [-0.39, 0.29) is 28.9 Å². The van der Waals surface area contributed by atoms with Gasteiger partial charge in [0.25, 0.3) is 5.91 Å². The number of benzene rings is 1. The van der Waals surface area contributed by atoms with Crippen LogP contribution in [0.25, 0.3) is 16.9 Å². The Labute approximate surface area is 196 Å². The van der Waals surface area contributed by atoms with Gasteiger partial charge in [0.2, 0.25) is 5.82 Å². The molecule has 0 spiro atoms. The number of likely N-dealkylation sites (N-methyl/N-ethyl adjacent to an activating group) is 1. The number of carbonyl (C=O) groups is 1. The lowest BCUT2D eigenvalue weighted by Gasteiger charge is -2.39. The molecule has 0 aliphatic carbocycles. The molecule has 0 N–H and O–H groups in total. The van der Waals surface area contributed by atoms with Crippen molar-refractivity contribution < 1.29 is 9.18 Å². The van der Waals surface area contributed by atoms with Crippen molar-refractivity contribution in [3.63, 3.8) is 0 Å². The zero-order chi connectivity index (χ0) is 24.4. The zero-order valence-corrected chi connectivity index (χ0v) is 19.2. The highest BCUT2D eigenvalue weighted by molar-refractivity contribution is 5.94. The molecule has 0 unspecified atom stereocenters. The standard InChI is InChI=1S/C24H24FN7O2/c1-4-30-9-10-31(14-15(30)2)24(33)18-6-8-21(27-12-18)32-23(29-34)20(13-28-32)19-7-5-17(11-26)22(25)16(19)3/h5-8,12-13,15H,4,9-10,14H2,1-3H3/t15-/m0/s1. The number of halogens is 1. The molecule has 34 heavy (non-hydrogen) atoms. The molecule has 1 amide bonds. The molecular formula is C24H24FN7O2. The molecule has 9 nitrogen and oxygen atoms in total. The number of nitroso groups, excluding NO2 is 1. The summed E-state index contributed by atoms with van der Waals surface area (Å²) in [5.74, 6) is -0.503. The smallest absolute Gasteiger partial charge is 0.255 e. The lowest BCUT2D eigenvalue weighted by molar-refractivity contribution is 0.0528. The van der Waals surface area contributed by atoms with Crippen LogP contribution in [-0.4, -0.2) is 62.7 Å². The van der Waals surface area contributed by atoms with E-state index < -0.39 is 5.82 Å². The number of carbonyl (C=O) groups excluding carboxylic acids is 1. The second-order valence-corrected chi connectivity index (χ2v) is 8.23. The van der Waals surface area contributed by atoms with Gasteiger partial charge in [-0.25, -0.2) is 9.37 Å². The number of piperazine rings is 1. The van der Waals surface area contributed by atoms with Gasteiger partial charge in [0.15, 0.2) is 5.82 Å². The summed E-state index contributed by atoms with van der Waals surface area (Å²) in [6.45, 7) is 8.82. The minimum atomic E-state index is -0.653. The van der Waals surface area contributed by atoms with E-state index in [4.69, 9.17) is 5.26 Å². The predicted octanol–water partition coefficient (Wildman–Crippen LogP) is 3.82. The Hall–Kier alpha value is -3.97. The Bertz CT molecular complexity index is 1280. The average molecular weight is 462 g/mol. The number of rotatable bonds is 5. The van der Waals surface area contributed by atoms with Crippen LogP contribution in [0.1, 0.15) is 35.3 Å². The van der Waals surface area contributed by atoms with Crippen molar-refractivity contribution >= 4 is 11.7 Å². The van der Waals surface area contributed by atoms with Crippen molar-refractivity contribution in [2.75, 3.05) is 26.2 Å². The molecule has 1 aliphatic heterocycles. The third kappa shape index (κ3) is 4.06. The summed E-state index contributed by atoms with van der Waals surface area (Å²) in [4.78, 5) is 33.1. The van der Waals surface area contributed by atoms with Crippen molar-refractivity contribution in [3.05, 3.63) is 64.1 Å². The molecule has 1 atom stereocenters. The van der Waals surface area contributed by atoms with Gasteiger partial charge >= 0.3 is 0 Å². The zero-order valence-electron chi connectivity index (χ0n) is 19.2. The predicted molar refractivity (Wildman–Crippen MR) is 124 cm³/mol. The maximum Gasteiger partial charge on any atom is 0.255 e. The maximum atomic E-state index is 14.4. The van der Waals surface area contributed by atoms with Crippen LogP contribution in [0.4, 0.5) is 10.2 Å². The van der Waals surface area contributed by atoms with Gasteiger partial charge in [-0.3, -0.25) is 9.69 Å². The minimum Gasteiger partial charge on any atom is -0.336 e. The van der Waals surface area contributed by atoms with Gasteiger partial charge in [-0.05, 0) is 54.9 Å². The third-order valence-corrected chi connectivity index (χ3v) is 6.30. The van der Waals surface area contributed by atoms with Crippen molar-refractivity contribution in [3.8, 4) is 23.0 Å². The fraction of sp³-hybridized carbons (Fsp3) is 0.333. The molecular weight excluding hydrogens is 437 g/mol. The van der Waals surface area contributed by atoms with Crippen LogP contribution in [0.2, 0.25) is 0 Å². The van der Waals surface area contributed by atoms with E-state index in [2.05, 4.69) is 34.0 Å². The number of nitriles is 1. The molecule has 1 aliphatic rings. The summed E-state index contributed by atoms with van der Waals surface area (Å²) >= 11 is 0. The molecule has 1 saturated heterocycles. The lowest BCUT2D eigenvalue weighted by Crippen LogP contribution is -2.53. The fourth-order valence-electron chi connectivity index (χ4n) is 4.32. The van der Waals surface area contributed by atoms with Crippen LogP contribution in [0.5, 0.6) is 0 Å². The lowest BCUT2D eigenvalue weighted by atomic mass is 9.99. The maximum absolute atomic E-state index is 14.4. The summed E-state index contributed by atoms with van der Waals surface area (Å²) < 4.78 is 15.7. The highest BCUT2D eigenvalue weighted by Gasteiger charge is 2.27. The minimum absolute atomic E-state index is 0.0525. The highest BCUT2D eigenvalue weighted by atomic mass is 19.1. The largest absolute Gasteiger partial charge is 0.336 e. The molecule has 3 aromatic rings. The summed E-state index contributed by atoms with van der Waals surface area (Å²) in [5.41, 5.74) is 1.31. The molecule has 2 aromatic heterocycles. The number of hydrogen-bond acceptors (Lipinski definition) is 7. The van der Waals surface area contributed by atoms with E-state index in [1.165, 1.54) is 30.1 Å². The summed E-state index contributed by atoms with van der Waals surface area (Å²) in [5, 5.41) is 16.3. The monoisotopic (exact) mass is 461 g/mol. The molecule has 0 bridgehead atoms. The average Bonchev–Trinajstić information content (AvgIpc) is 3.29. The van der Waals surface area contributed by atoms with E-state index >= 15 is 0 Å². The van der Waals surface area contributed by atoms with Gasteiger partial charge in [-0.1, -0.05) is 13.0 Å². The first kappa shape index (κ1) is 23.2. The Balaban J connectivity index is 1.60. The van der Waals surface area contributed by atoms with Crippen molar-refractivity contribution in [1.82, 2.24) is 24.6 Å². The van der Waals surface area contributed by atoms with Crippen LogP contribution in [0, 0.1) is 29.0 Å². The molecule has 1 aromatic carbocycles. The van der Waals surface area contributed by atoms with E-state index in [0.717, 1.165) is 13.1 Å². The van der Waals surface area contributed by atoms with E-state index in [9.17, 15) is 14.1 Å². The molecule has 1 fully saturated rings. The molecule has 0 radical (unpaired) electrons. The molecule has 10 heteroatoms.